The Morgan fingerprint density at radius 1 is 1.38 bits per heavy atom. The van der Waals surface area contributed by atoms with Gasteiger partial charge in [0.15, 0.2) is 0 Å². The lowest BCUT2D eigenvalue weighted by Gasteiger charge is -2.03. The molecule has 2 nitrogen and oxygen atoms in total. The zero-order chi connectivity index (χ0) is 11.7. The fraction of sp³-hybridized carbons (Fsp3) is 0.250. The van der Waals surface area contributed by atoms with Gasteiger partial charge in [0, 0.05) is 12.1 Å². The molecule has 4 heteroatoms. The van der Waals surface area contributed by atoms with E-state index in [0.717, 1.165) is 14.5 Å². The number of hydrogen-bond donors (Lipinski definition) is 1. The Bertz CT molecular complexity index is 520. The SMILES string of the molecule is Cc1ccc(C)c(-c2nc(CN)c(Br)s2)c1. The molecule has 0 unspecified atom stereocenters. The standard InChI is InChI=1S/C12H13BrN2S/c1-7-3-4-8(2)9(5-7)12-15-10(6-14)11(13)16-12/h3-5H,6,14H2,1-2H3. The van der Waals surface area contributed by atoms with Crippen molar-refractivity contribution in [2.45, 2.75) is 20.4 Å². The van der Waals surface area contributed by atoms with Crippen LogP contribution in [0.4, 0.5) is 0 Å². The number of aryl methyl sites for hydroxylation is 2. The van der Waals surface area contributed by atoms with Gasteiger partial charge in [-0.1, -0.05) is 17.7 Å². The van der Waals surface area contributed by atoms with E-state index in [0.29, 0.717) is 6.54 Å². The Morgan fingerprint density at radius 3 is 2.75 bits per heavy atom. The number of nitrogens with zero attached hydrogens (tertiary/aromatic N) is 1. The molecule has 1 aromatic heterocycles. The zero-order valence-electron chi connectivity index (χ0n) is 9.25. The molecule has 0 bridgehead atoms. The molecule has 2 rings (SSSR count). The van der Waals surface area contributed by atoms with Crippen molar-refractivity contribution in [2.24, 2.45) is 5.73 Å². The Labute approximate surface area is 108 Å². The molecule has 0 aliphatic rings. The van der Waals surface area contributed by atoms with E-state index in [1.165, 1.54) is 16.7 Å². The summed E-state index contributed by atoms with van der Waals surface area (Å²) in [7, 11) is 0. The summed E-state index contributed by atoms with van der Waals surface area (Å²) in [5.74, 6) is 0. The fourth-order valence-corrected chi connectivity index (χ4v) is 3.15. The van der Waals surface area contributed by atoms with Gasteiger partial charge in [-0.3, -0.25) is 0 Å². The second kappa shape index (κ2) is 4.65. The first kappa shape index (κ1) is 11.8. The Kier molecular flexibility index (Phi) is 3.42. The number of halogens is 1. The van der Waals surface area contributed by atoms with Crippen LogP contribution in [-0.2, 0) is 6.54 Å². The highest BCUT2D eigenvalue weighted by Crippen LogP contribution is 2.33. The molecule has 2 N–H and O–H groups in total. The summed E-state index contributed by atoms with van der Waals surface area (Å²) in [6, 6.07) is 6.41. The Hall–Kier alpha value is -0.710. The third kappa shape index (κ3) is 2.19. The first-order chi connectivity index (χ1) is 7.61. The van der Waals surface area contributed by atoms with Gasteiger partial charge in [-0.2, -0.15) is 0 Å². The maximum Gasteiger partial charge on any atom is 0.125 e. The van der Waals surface area contributed by atoms with Crippen molar-refractivity contribution in [1.29, 1.82) is 0 Å². The number of aromatic nitrogens is 1. The molecule has 0 aliphatic heterocycles. The lowest BCUT2D eigenvalue weighted by Crippen LogP contribution is -1.97. The van der Waals surface area contributed by atoms with Crippen LogP contribution in [-0.4, -0.2) is 4.98 Å². The van der Waals surface area contributed by atoms with Crippen LogP contribution in [0.2, 0.25) is 0 Å². The van der Waals surface area contributed by atoms with Gasteiger partial charge in [0.25, 0.3) is 0 Å². The van der Waals surface area contributed by atoms with Gasteiger partial charge >= 0.3 is 0 Å². The third-order valence-corrected chi connectivity index (χ3v) is 4.33. The van der Waals surface area contributed by atoms with Gasteiger partial charge in [0.1, 0.15) is 5.01 Å². The number of nitrogens with two attached hydrogens (primary N) is 1. The van der Waals surface area contributed by atoms with Crippen molar-refractivity contribution >= 4 is 27.3 Å². The van der Waals surface area contributed by atoms with E-state index >= 15 is 0 Å². The zero-order valence-corrected chi connectivity index (χ0v) is 11.7. The summed E-state index contributed by atoms with van der Waals surface area (Å²) < 4.78 is 1.03. The largest absolute Gasteiger partial charge is 0.325 e. The van der Waals surface area contributed by atoms with Gasteiger partial charge in [-0.15, -0.1) is 11.3 Å². The molecule has 0 fully saturated rings. The van der Waals surface area contributed by atoms with E-state index in [1.807, 2.05) is 0 Å². The Morgan fingerprint density at radius 2 is 2.12 bits per heavy atom. The molecule has 0 saturated heterocycles. The van der Waals surface area contributed by atoms with Crippen molar-refractivity contribution in [2.75, 3.05) is 0 Å². The van der Waals surface area contributed by atoms with Crippen LogP contribution < -0.4 is 5.73 Å². The molecule has 1 aromatic carbocycles. The van der Waals surface area contributed by atoms with E-state index in [-0.39, 0.29) is 0 Å². The fourth-order valence-electron chi connectivity index (χ4n) is 1.54. The maximum atomic E-state index is 5.62. The van der Waals surface area contributed by atoms with Crippen molar-refractivity contribution < 1.29 is 0 Å². The van der Waals surface area contributed by atoms with Gasteiger partial charge in [0.2, 0.25) is 0 Å². The van der Waals surface area contributed by atoms with Crippen molar-refractivity contribution in [1.82, 2.24) is 4.98 Å². The summed E-state index contributed by atoms with van der Waals surface area (Å²) in [5, 5.41) is 1.04. The minimum absolute atomic E-state index is 0.474. The van der Waals surface area contributed by atoms with Crippen molar-refractivity contribution in [3.63, 3.8) is 0 Å². The van der Waals surface area contributed by atoms with Crippen LogP contribution in [0.25, 0.3) is 10.6 Å². The normalized spacial score (nSPS) is 10.8. The van der Waals surface area contributed by atoms with Crippen LogP contribution >= 0.6 is 27.3 Å². The van der Waals surface area contributed by atoms with Crippen LogP contribution in [0.1, 0.15) is 16.8 Å². The third-order valence-electron chi connectivity index (χ3n) is 2.47. The molecule has 0 radical (unpaired) electrons. The van der Waals surface area contributed by atoms with E-state index in [4.69, 9.17) is 5.73 Å². The second-order valence-electron chi connectivity index (χ2n) is 3.76. The predicted octanol–water partition coefficient (Wildman–Crippen LogP) is 3.65. The lowest BCUT2D eigenvalue weighted by atomic mass is 10.1. The summed E-state index contributed by atoms with van der Waals surface area (Å²) in [5.41, 5.74) is 10.3. The molecule has 0 aliphatic carbocycles. The summed E-state index contributed by atoms with van der Waals surface area (Å²) in [6.07, 6.45) is 0. The molecule has 84 valence electrons. The highest BCUT2D eigenvalue weighted by atomic mass is 79.9. The average molecular weight is 297 g/mol. The van der Waals surface area contributed by atoms with Crippen LogP contribution in [0.15, 0.2) is 22.0 Å². The van der Waals surface area contributed by atoms with Gasteiger partial charge in [-0.05, 0) is 41.4 Å². The summed E-state index contributed by atoms with van der Waals surface area (Å²) in [6.45, 7) is 4.67. The first-order valence-corrected chi connectivity index (χ1v) is 6.65. The molecular formula is C12H13BrN2S. The van der Waals surface area contributed by atoms with Gasteiger partial charge in [-0.25, -0.2) is 4.98 Å². The van der Waals surface area contributed by atoms with Crippen molar-refractivity contribution in [3.8, 4) is 10.6 Å². The topological polar surface area (TPSA) is 38.9 Å². The number of thiazole rings is 1. The number of benzene rings is 1. The molecule has 0 spiro atoms. The molecular weight excluding hydrogens is 284 g/mol. The highest BCUT2D eigenvalue weighted by molar-refractivity contribution is 9.11. The molecule has 0 amide bonds. The second-order valence-corrected chi connectivity index (χ2v) is 6.08. The Balaban J connectivity index is 2.53. The van der Waals surface area contributed by atoms with Crippen LogP contribution in [0, 0.1) is 13.8 Å². The van der Waals surface area contributed by atoms with Crippen molar-refractivity contribution in [3.05, 3.63) is 38.8 Å². The number of hydrogen-bond acceptors (Lipinski definition) is 3. The van der Waals surface area contributed by atoms with Gasteiger partial charge in [0.05, 0.1) is 9.48 Å². The number of rotatable bonds is 2. The lowest BCUT2D eigenvalue weighted by molar-refractivity contribution is 1.01. The molecule has 1 heterocycles. The molecule has 0 saturated carbocycles. The highest BCUT2D eigenvalue weighted by Gasteiger charge is 2.11. The van der Waals surface area contributed by atoms with E-state index in [1.54, 1.807) is 11.3 Å². The maximum absolute atomic E-state index is 5.62. The molecule has 0 atom stereocenters. The van der Waals surface area contributed by atoms with E-state index < -0.39 is 0 Å². The smallest absolute Gasteiger partial charge is 0.125 e. The van der Waals surface area contributed by atoms with E-state index in [2.05, 4.69) is 53.0 Å². The summed E-state index contributed by atoms with van der Waals surface area (Å²) in [4.78, 5) is 4.55. The first-order valence-electron chi connectivity index (χ1n) is 5.04. The van der Waals surface area contributed by atoms with Gasteiger partial charge < -0.3 is 5.73 Å². The predicted molar refractivity (Wildman–Crippen MR) is 72.6 cm³/mol. The monoisotopic (exact) mass is 296 g/mol. The molecule has 2 aromatic rings. The quantitative estimate of drug-likeness (QED) is 0.919. The minimum Gasteiger partial charge on any atom is -0.325 e. The average Bonchev–Trinajstić information content (AvgIpc) is 2.63. The summed E-state index contributed by atoms with van der Waals surface area (Å²) >= 11 is 5.13. The van der Waals surface area contributed by atoms with E-state index in [9.17, 15) is 0 Å². The van der Waals surface area contributed by atoms with Crippen LogP contribution in [0.5, 0.6) is 0 Å². The minimum atomic E-state index is 0.474. The molecule has 16 heavy (non-hydrogen) atoms. The van der Waals surface area contributed by atoms with Crippen LogP contribution in [0.3, 0.4) is 0 Å².